The van der Waals surface area contributed by atoms with Crippen LogP contribution in [0.15, 0.2) is 205 Å². The minimum Gasteiger partial charge on any atom is -0.207 e. The molecule has 7 aromatic rings. The number of halogens is 1. The summed E-state index contributed by atoms with van der Waals surface area (Å²) in [6, 6.07) is 50.8. The van der Waals surface area contributed by atoms with E-state index in [1.165, 1.54) is 101 Å². The van der Waals surface area contributed by atoms with Crippen molar-refractivity contribution in [1.82, 2.24) is 0 Å². The first-order valence-corrected chi connectivity index (χ1v) is 19.8. The van der Waals surface area contributed by atoms with Gasteiger partial charge < -0.3 is 0 Å². The minimum atomic E-state index is -0.231. The summed E-state index contributed by atoms with van der Waals surface area (Å²) in [7, 11) is 0. The largest absolute Gasteiger partial charge is 0.207 e. The van der Waals surface area contributed by atoms with Gasteiger partial charge in [0, 0.05) is 5.92 Å². The van der Waals surface area contributed by atoms with Gasteiger partial charge in [-0.15, -0.1) is 0 Å². The van der Waals surface area contributed by atoms with Gasteiger partial charge in [0.25, 0.3) is 0 Å². The van der Waals surface area contributed by atoms with E-state index in [-0.39, 0.29) is 11.7 Å². The summed E-state index contributed by atoms with van der Waals surface area (Å²) in [6.07, 6.45) is 14.7. The highest BCUT2D eigenvalue weighted by Crippen LogP contribution is 2.52. The van der Waals surface area contributed by atoms with Gasteiger partial charge in [0.05, 0.1) is 0 Å². The molecule has 1 unspecified atom stereocenters. The lowest BCUT2D eigenvalue weighted by molar-refractivity contribution is 0.628. The molecule has 0 aromatic heterocycles. The molecule has 3 aliphatic rings. The number of allylic oxidation sites excluding steroid dienone is 10. The number of hydrogen-bond donors (Lipinski definition) is 0. The molecule has 0 fully saturated rings. The molecule has 0 saturated heterocycles. The quantitative estimate of drug-likeness (QED) is 0.165. The average molecular weight is 733 g/mol. The Kier molecular flexibility index (Phi) is 8.53. The summed E-state index contributed by atoms with van der Waals surface area (Å²) in [4.78, 5) is 0. The van der Waals surface area contributed by atoms with Gasteiger partial charge in [-0.2, -0.15) is 0 Å². The van der Waals surface area contributed by atoms with E-state index in [2.05, 4.69) is 172 Å². The third kappa shape index (κ3) is 5.90. The van der Waals surface area contributed by atoms with Crippen molar-refractivity contribution >= 4 is 21.9 Å². The van der Waals surface area contributed by atoms with Crippen LogP contribution in [0.3, 0.4) is 0 Å². The van der Waals surface area contributed by atoms with Crippen molar-refractivity contribution in [2.75, 3.05) is 0 Å². The highest BCUT2D eigenvalue weighted by Gasteiger charge is 2.30. The molecular formula is C56H41F. The molecule has 0 nitrogen and oxygen atoms in total. The summed E-state index contributed by atoms with van der Waals surface area (Å²) < 4.78 is 13.9. The second-order valence-electron chi connectivity index (χ2n) is 15.5. The monoisotopic (exact) mass is 732 g/mol. The summed E-state index contributed by atoms with van der Waals surface area (Å²) in [6.45, 7) is 9.30. The standard InChI is InChI=1S/C56H41F/c1-35-14-12-23-47-46-31-27-41(38-25-28-44(57)29-26-38)34-50(46)51(52(35)47)32-37(3)45-30-24-36(2)53-54(39-15-6-4-7-16-39)48-21-10-11-22-49(48)55(40-17-8-5-9-18-40)56(53)43-20-13-19-42(45)33-43/h4-32,34,43H,3,33H2,1-2H3/b36-24+,45-30-,51-32-. The summed E-state index contributed by atoms with van der Waals surface area (Å²) in [5, 5.41) is 2.53. The minimum absolute atomic E-state index is 0.140. The molecular weight excluding hydrogens is 692 g/mol. The molecule has 0 radical (unpaired) electrons. The molecule has 1 atom stereocenters. The maximum absolute atomic E-state index is 13.9. The summed E-state index contributed by atoms with van der Waals surface area (Å²) >= 11 is 0. The van der Waals surface area contributed by atoms with Crippen LogP contribution in [0.5, 0.6) is 0 Å². The fraction of sp³-hybridized carbons (Fsp3) is 0.0714. The first kappa shape index (κ1) is 34.6. The lowest BCUT2D eigenvalue weighted by Crippen LogP contribution is -2.09. The maximum Gasteiger partial charge on any atom is 0.123 e. The van der Waals surface area contributed by atoms with E-state index >= 15 is 0 Å². The highest BCUT2D eigenvalue weighted by atomic mass is 19.1. The van der Waals surface area contributed by atoms with Gasteiger partial charge in [0.15, 0.2) is 0 Å². The van der Waals surface area contributed by atoms with Gasteiger partial charge in [-0.25, -0.2) is 4.39 Å². The first-order chi connectivity index (χ1) is 27.9. The molecule has 2 bridgehead atoms. The predicted molar refractivity (Wildman–Crippen MR) is 239 cm³/mol. The van der Waals surface area contributed by atoms with Crippen LogP contribution >= 0.6 is 0 Å². The second-order valence-corrected chi connectivity index (χ2v) is 15.5. The second kappa shape index (κ2) is 14.0. The zero-order valence-electron chi connectivity index (χ0n) is 32.2. The van der Waals surface area contributed by atoms with Crippen LogP contribution < -0.4 is 0 Å². The number of fused-ring (bicyclic) bond motifs is 8. The van der Waals surface area contributed by atoms with Crippen molar-refractivity contribution in [1.29, 1.82) is 0 Å². The molecule has 3 aliphatic carbocycles. The molecule has 10 rings (SSSR count). The van der Waals surface area contributed by atoms with Crippen molar-refractivity contribution in [3.63, 3.8) is 0 Å². The van der Waals surface area contributed by atoms with Crippen molar-refractivity contribution in [2.45, 2.75) is 26.2 Å². The topological polar surface area (TPSA) is 0 Å². The van der Waals surface area contributed by atoms with E-state index in [0.717, 1.165) is 28.7 Å². The number of benzene rings is 7. The van der Waals surface area contributed by atoms with Crippen LogP contribution in [0.4, 0.5) is 4.39 Å². The van der Waals surface area contributed by atoms with E-state index in [1.54, 1.807) is 0 Å². The van der Waals surface area contributed by atoms with E-state index in [0.29, 0.717) is 0 Å². The molecule has 7 aromatic carbocycles. The lowest BCUT2D eigenvalue weighted by atomic mass is 9.74. The van der Waals surface area contributed by atoms with E-state index in [4.69, 9.17) is 6.58 Å². The third-order valence-corrected chi connectivity index (χ3v) is 12.1. The first-order valence-electron chi connectivity index (χ1n) is 19.8. The van der Waals surface area contributed by atoms with Crippen LogP contribution in [0.2, 0.25) is 0 Å². The van der Waals surface area contributed by atoms with Crippen LogP contribution in [0.1, 0.15) is 47.1 Å². The SMILES string of the molecule is C=C(/C=C1/c2cc(-c3ccc(F)cc3)ccc2-c2cccc(C)c21)/C1=C/C=C(\C)c2c(c(-c3ccccc3)c3ccccc3c2-c2ccccc2)C2C=CC=C1C2. The van der Waals surface area contributed by atoms with Crippen LogP contribution in [-0.2, 0) is 0 Å². The Morgan fingerprint density at radius 3 is 1.98 bits per heavy atom. The van der Waals surface area contributed by atoms with Gasteiger partial charge in [-0.3, -0.25) is 0 Å². The Balaban J connectivity index is 1.18. The van der Waals surface area contributed by atoms with Gasteiger partial charge in [0.2, 0.25) is 0 Å². The highest BCUT2D eigenvalue weighted by molar-refractivity contribution is 6.11. The van der Waals surface area contributed by atoms with Crippen LogP contribution in [-0.4, -0.2) is 0 Å². The molecule has 0 heterocycles. The van der Waals surface area contributed by atoms with Crippen molar-refractivity contribution in [3.05, 3.63) is 239 Å². The van der Waals surface area contributed by atoms with Crippen LogP contribution in [0, 0.1) is 12.7 Å². The Hall–Kier alpha value is -6.83. The Bertz CT molecular complexity index is 2930. The molecule has 0 saturated carbocycles. The van der Waals surface area contributed by atoms with Gasteiger partial charge in [0.1, 0.15) is 5.82 Å². The fourth-order valence-corrected chi connectivity index (χ4v) is 9.46. The zero-order chi connectivity index (χ0) is 38.6. The fourth-order valence-electron chi connectivity index (χ4n) is 9.46. The Morgan fingerprint density at radius 1 is 0.579 bits per heavy atom. The van der Waals surface area contributed by atoms with Crippen molar-refractivity contribution in [2.24, 2.45) is 0 Å². The average Bonchev–Trinajstić information content (AvgIpc) is 3.58. The molecule has 1 heteroatoms. The zero-order valence-corrected chi connectivity index (χ0v) is 32.2. The van der Waals surface area contributed by atoms with E-state index in [1.807, 2.05) is 12.1 Å². The lowest BCUT2D eigenvalue weighted by Gasteiger charge is -2.29. The summed E-state index contributed by atoms with van der Waals surface area (Å²) in [5.41, 5.74) is 21.7. The van der Waals surface area contributed by atoms with Crippen molar-refractivity contribution < 1.29 is 4.39 Å². The Morgan fingerprint density at radius 2 is 1.25 bits per heavy atom. The number of rotatable bonds is 5. The van der Waals surface area contributed by atoms with E-state index in [9.17, 15) is 4.39 Å². The molecule has 272 valence electrons. The van der Waals surface area contributed by atoms with Crippen molar-refractivity contribution in [3.8, 4) is 44.5 Å². The number of hydrogen-bond acceptors (Lipinski definition) is 0. The molecule has 0 N–H and O–H groups in total. The molecule has 0 spiro atoms. The molecule has 0 amide bonds. The molecule has 0 aliphatic heterocycles. The van der Waals surface area contributed by atoms with Gasteiger partial charge in [-0.05, 0) is 156 Å². The van der Waals surface area contributed by atoms with Crippen LogP contribution in [0.25, 0.3) is 66.4 Å². The maximum atomic E-state index is 13.9. The van der Waals surface area contributed by atoms with Gasteiger partial charge >= 0.3 is 0 Å². The Labute approximate surface area is 334 Å². The normalized spacial score (nSPS) is 17.9. The summed E-state index contributed by atoms with van der Waals surface area (Å²) in [5.74, 6) is -0.0912. The van der Waals surface area contributed by atoms with Gasteiger partial charge in [-0.1, -0.05) is 164 Å². The third-order valence-electron chi connectivity index (χ3n) is 12.1. The predicted octanol–water partition coefficient (Wildman–Crippen LogP) is 15.3. The van der Waals surface area contributed by atoms with E-state index < -0.39 is 0 Å². The number of aryl methyl sites for hydroxylation is 1. The molecule has 57 heavy (non-hydrogen) atoms. The smallest absolute Gasteiger partial charge is 0.123 e.